The van der Waals surface area contributed by atoms with Crippen molar-refractivity contribution in [1.82, 2.24) is 9.78 Å². The molecule has 0 spiro atoms. The van der Waals surface area contributed by atoms with Crippen LogP contribution in [0.1, 0.15) is 58.7 Å². The second-order valence-corrected chi connectivity index (χ2v) is 9.37. The summed E-state index contributed by atoms with van der Waals surface area (Å²) < 4.78 is 13.1. The third-order valence-corrected chi connectivity index (χ3v) is 7.11. The second kappa shape index (κ2) is 8.64. The van der Waals surface area contributed by atoms with Crippen molar-refractivity contribution in [3.8, 4) is 22.9 Å². The van der Waals surface area contributed by atoms with E-state index in [9.17, 15) is 15.0 Å². The first-order valence-electron chi connectivity index (χ1n) is 11.9. The molecule has 0 fully saturated rings. The first kappa shape index (κ1) is 23.8. The van der Waals surface area contributed by atoms with Crippen molar-refractivity contribution in [1.29, 1.82) is 0 Å². The summed E-state index contributed by atoms with van der Waals surface area (Å²) in [5, 5.41) is 26.8. The lowest BCUT2D eigenvalue weighted by atomic mass is 9.71. The zero-order chi connectivity index (χ0) is 25.8. The van der Waals surface area contributed by atoms with Crippen molar-refractivity contribution in [2.75, 3.05) is 20.3 Å². The molecule has 0 saturated carbocycles. The minimum atomic E-state index is -1.27. The van der Waals surface area contributed by atoms with E-state index in [2.05, 4.69) is 10.1 Å². The van der Waals surface area contributed by atoms with Crippen LogP contribution in [0.2, 0.25) is 0 Å². The van der Waals surface area contributed by atoms with Gasteiger partial charge in [-0.05, 0) is 46.2 Å². The van der Waals surface area contributed by atoms with E-state index in [0.717, 1.165) is 12.1 Å². The summed E-state index contributed by atoms with van der Waals surface area (Å²) in [6, 6.07) is 9.58. The lowest BCUT2D eigenvalue weighted by molar-refractivity contribution is 0.0905. The number of para-hydroxylation sites is 1. The average Bonchev–Trinajstić information content (AvgIpc) is 3.36. The number of phenols is 2. The fraction of sp³-hybridized carbons (Fsp3) is 0.321. The Bertz CT molecular complexity index is 1450. The van der Waals surface area contributed by atoms with Crippen LogP contribution in [0.4, 0.5) is 0 Å². The molecule has 1 atom stereocenters. The van der Waals surface area contributed by atoms with E-state index in [1.54, 1.807) is 39.5 Å². The van der Waals surface area contributed by atoms with Crippen molar-refractivity contribution >= 4 is 17.6 Å². The number of rotatable bonds is 6. The number of hydrogen-bond acceptors (Lipinski definition) is 7. The Morgan fingerprint density at radius 3 is 2.61 bits per heavy atom. The molecule has 1 aliphatic heterocycles. The Morgan fingerprint density at radius 2 is 1.92 bits per heavy atom. The number of methoxy groups -OCH3 is 1. The fourth-order valence-electron chi connectivity index (χ4n) is 5.10. The third-order valence-electron chi connectivity index (χ3n) is 7.11. The van der Waals surface area contributed by atoms with Crippen LogP contribution in [0.5, 0.6) is 17.2 Å². The maximum atomic E-state index is 14.1. The van der Waals surface area contributed by atoms with Crippen LogP contribution in [0.25, 0.3) is 11.8 Å². The summed E-state index contributed by atoms with van der Waals surface area (Å²) in [6.07, 6.45) is 2.53. The molecule has 1 aromatic heterocycles. The highest BCUT2D eigenvalue weighted by Gasteiger charge is 2.55. The molecule has 0 bridgehead atoms. The smallest absolute Gasteiger partial charge is 0.185 e. The van der Waals surface area contributed by atoms with Gasteiger partial charge in [0.1, 0.15) is 28.4 Å². The first-order chi connectivity index (χ1) is 17.2. The molecule has 8 nitrogen and oxygen atoms in total. The van der Waals surface area contributed by atoms with Crippen molar-refractivity contribution in [3.05, 3.63) is 69.7 Å². The predicted octanol–water partition coefficient (Wildman–Crippen LogP) is 4.63. The Morgan fingerprint density at radius 1 is 1.19 bits per heavy atom. The normalized spacial score (nSPS) is 18.4. The molecule has 2 aromatic carbocycles. The van der Waals surface area contributed by atoms with Crippen molar-refractivity contribution in [3.63, 3.8) is 0 Å². The molecule has 0 unspecified atom stereocenters. The number of Topliss-reactive ketones (excluding diaryl/α,β-unsaturated/α-hetero) is 1. The number of aryl methyl sites for hydroxylation is 1. The number of ketones is 1. The van der Waals surface area contributed by atoms with Gasteiger partial charge in [0.25, 0.3) is 0 Å². The Labute approximate surface area is 209 Å². The molecule has 5 rings (SSSR count). The van der Waals surface area contributed by atoms with E-state index < -0.39 is 5.41 Å². The quantitative estimate of drug-likeness (QED) is 0.388. The zero-order valence-electron chi connectivity index (χ0n) is 21.0. The first-order valence-corrected chi connectivity index (χ1v) is 11.9. The number of carbonyl (C=O) groups is 1. The van der Waals surface area contributed by atoms with Crippen molar-refractivity contribution in [2.45, 2.75) is 39.5 Å². The Balaban J connectivity index is 1.70. The van der Waals surface area contributed by atoms with Gasteiger partial charge in [-0.25, -0.2) is 4.68 Å². The van der Waals surface area contributed by atoms with Crippen LogP contribution in [0.15, 0.2) is 41.1 Å². The summed E-state index contributed by atoms with van der Waals surface area (Å²) in [7, 11) is 1.64. The van der Waals surface area contributed by atoms with E-state index in [1.165, 1.54) is 0 Å². The summed E-state index contributed by atoms with van der Waals surface area (Å²) in [6.45, 7) is 8.04. The SMILES string of the molecule is COCCCN=C(C)c1c(O)c(C)c(O)c2c1OC1=Cc3c(c(C)nn3-c3ccccc3)C(=O)[C@@]12C. The van der Waals surface area contributed by atoms with Crippen LogP contribution in [-0.2, 0) is 10.2 Å². The second-order valence-electron chi connectivity index (χ2n) is 9.37. The number of hydrogen-bond donors (Lipinski definition) is 2. The Kier molecular flexibility index (Phi) is 5.71. The molecular weight excluding hydrogens is 458 g/mol. The number of allylic oxidation sites excluding steroid dienone is 1. The van der Waals surface area contributed by atoms with Crippen molar-refractivity contribution in [2.24, 2.45) is 4.99 Å². The van der Waals surface area contributed by atoms with Gasteiger partial charge in [0.2, 0.25) is 0 Å². The van der Waals surface area contributed by atoms with E-state index in [0.29, 0.717) is 52.7 Å². The summed E-state index contributed by atoms with van der Waals surface area (Å²) in [5.74, 6) is 0.149. The fourth-order valence-corrected chi connectivity index (χ4v) is 5.10. The van der Waals surface area contributed by atoms with Gasteiger partial charge in [-0.1, -0.05) is 18.2 Å². The van der Waals surface area contributed by atoms with E-state index >= 15 is 0 Å². The molecule has 2 aliphatic rings. The van der Waals surface area contributed by atoms with Crippen LogP contribution in [-0.4, -0.2) is 51.7 Å². The maximum absolute atomic E-state index is 14.1. The Hall–Kier alpha value is -3.91. The average molecular weight is 488 g/mol. The van der Waals surface area contributed by atoms with E-state index in [-0.39, 0.29) is 28.6 Å². The van der Waals surface area contributed by atoms with Gasteiger partial charge < -0.3 is 19.7 Å². The number of ether oxygens (including phenoxy) is 2. The number of phenolic OH excluding ortho intramolecular Hbond substituents is 2. The van der Waals surface area contributed by atoms with Crippen LogP contribution in [0.3, 0.4) is 0 Å². The number of carbonyl (C=O) groups excluding carboxylic acids is 1. The molecule has 0 amide bonds. The highest BCUT2D eigenvalue weighted by Crippen LogP contribution is 2.58. The highest BCUT2D eigenvalue weighted by molar-refractivity contribution is 6.15. The van der Waals surface area contributed by atoms with Crippen LogP contribution < -0.4 is 4.74 Å². The molecule has 0 radical (unpaired) electrons. The van der Waals surface area contributed by atoms with Gasteiger partial charge in [0.15, 0.2) is 5.78 Å². The van der Waals surface area contributed by atoms with Gasteiger partial charge in [-0.2, -0.15) is 5.10 Å². The monoisotopic (exact) mass is 487 g/mol. The van der Waals surface area contributed by atoms with Gasteiger partial charge in [0.05, 0.1) is 33.8 Å². The number of aliphatic imine (C=N–C) groups is 1. The lowest BCUT2D eigenvalue weighted by Gasteiger charge is -2.27. The van der Waals surface area contributed by atoms with Gasteiger partial charge in [-0.15, -0.1) is 0 Å². The number of fused-ring (bicyclic) bond motifs is 4. The molecule has 3 aromatic rings. The molecule has 1 aliphatic carbocycles. The molecular formula is C28H29N3O5. The largest absolute Gasteiger partial charge is 0.507 e. The third kappa shape index (κ3) is 3.28. The molecule has 186 valence electrons. The molecule has 2 heterocycles. The summed E-state index contributed by atoms with van der Waals surface area (Å²) in [4.78, 5) is 18.7. The van der Waals surface area contributed by atoms with Gasteiger partial charge >= 0.3 is 0 Å². The molecule has 36 heavy (non-hydrogen) atoms. The molecule has 2 N–H and O–H groups in total. The lowest BCUT2D eigenvalue weighted by Crippen LogP contribution is -2.36. The summed E-state index contributed by atoms with van der Waals surface area (Å²) >= 11 is 0. The molecule has 8 heteroatoms. The van der Waals surface area contributed by atoms with Gasteiger partial charge in [-0.3, -0.25) is 9.79 Å². The van der Waals surface area contributed by atoms with Crippen LogP contribution >= 0.6 is 0 Å². The topological polar surface area (TPSA) is 106 Å². The number of aromatic nitrogens is 2. The van der Waals surface area contributed by atoms with Crippen molar-refractivity contribution < 1.29 is 24.5 Å². The number of aromatic hydroxyl groups is 2. The van der Waals surface area contributed by atoms with E-state index in [4.69, 9.17) is 9.47 Å². The van der Waals surface area contributed by atoms with Crippen LogP contribution in [0, 0.1) is 13.8 Å². The standard InChI is InChI=1S/C28H29N3O5/c1-15-24(32)22(16(2)29-12-9-13-35-5)26-23(25(15)33)28(4)20(36-26)14-19-21(27(28)34)17(3)30-31(19)18-10-7-6-8-11-18/h6-8,10-11,14,32-33H,9,12-13H2,1-5H3/t28-/m0/s1. The highest BCUT2D eigenvalue weighted by atomic mass is 16.5. The predicted molar refractivity (Wildman–Crippen MR) is 137 cm³/mol. The summed E-state index contributed by atoms with van der Waals surface area (Å²) in [5.41, 5.74) is 2.80. The maximum Gasteiger partial charge on any atom is 0.185 e. The number of benzene rings is 2. The van der Waals surface area contributed by atoms with E-state index in [1.807, 2.05) is 36.4 Å². The number of nitrogens with zero attached hydrogens (tertiary/aromatic N) is 3. The minimum Gasteiger partial charge on any atom is -0.507 e. The van der Waals surface area contributed by atoms with Gasteiger partial charge in [0, 0.05) is 37.6 Å². The zero-order valence-corrected chi connectivity index (χ0v) is 21.0. The molecule has 0 saturated heterocycles. The minimum absolute atomic E-state index is 0.112.